The van der Waals surface area contributed by atoms with E-state index in [0.717, 1.165) is 12.2 Å². The van der Waals surface area contributed by atoms with Crippen molar-refractivity contribution in [2.24, 2.45) is 5.73 Å². The lowest BCUT2D eigenvalue weighted by molar-refractivity contribution is 1.04. The van der Waals surface area contributed by atoms with Crippen LogP contribution < -0.4 is 5.73 Å². The maximum Gasteiger partial charge on any atom is 0.104 e. The van der Waals surface area contributed by atoms with Crippen LogP contribution in [-0.2, 0) is 0 Å². The Bertz CT molecular complexity index is 216. The third kappa shape index (κ3) is 2.76. The molecule has 2 N–H and O–H groups in total. The zero-order chi connectivity index (χ0) is 7.40. The molecule has 1 aromatic heterocycles. The van der Waals surface area contributed by atoms with E-state index in [4.69, 9.17) is 5.73 Å². The summed E-state index contributed by atoms with van der Waals surface area (Å²) in [5.74, 6) is 0.736. The van der Waals surface area contributed by atoms with Gasteiger partial charge in [-0.15, -0.1) is 17.0 Å². The van der Waals surface area contributed by atoms with Crippen molar-refractivity contribution in [3.05, 3.63) is 24.8 Å². The number of aromatic nitrogens is 2. The first-order chi connectivity index (χ1) is 4.84. The molecule has 0 spiro atoms. The van der Waals surface area contributed by atoms with E-state index in [-0.39, 0.29) is 17.0 Å². The first kappa shape index (κ1) is 10.2. The summed E-state index contributed by atoms with van der Waals surface area (Å²) in [6, 6.07) is 0. The van der Waals surface area contributed by atoms with E-state index in [1.807, 2.05) is 19.2 Å². The summed E-state index contributed by atoms with van der Waals surface area (Å²) < 4.78 is 1.78. The van der Waals surface area contributed by atoms with Gasteiger partial charge in [0.05, 0.1) is 0 Å². The summed E-state index contributed by atoms with van der Waals surface area (Å²) in [6.45, 7) is 2.05. The van der Waals surface area contributed by atoms with E-state index in [9.17, 15) is 0 Å². The smallest absolute Gasteiger partial charge is 0.104 e. The third-order valence-electron chi connectivity index (χ3n) is 1.22. The first-order valence-electron chi connectivity index (χ1n) is 3.28. The highest BCUT2D eigenvalue weighted by molar-refractivity contribution is 8.93. The first-order valence-corrected chi connectivity index (χ1v) is 3.28. The molecule has 0 saturated heterocycles. The quantitative estimate of drug-likeness (QED) is 0.819. The highest BCUT2D eigenvalue weighted by Gasteiger charge is 1.88. The molecule has 0 atom stereocenters. The molecule has 0 aliphatic rings. The number of hydrogen-bond acceptors (Lipinski definition) is 2. The van der Waals surface area contributed by atoms with Crippen LogP contribution in [0.3, 0.4) is 0 Å². The van der Waals surface area contributed by atoms with Gasteiger partial charge in [0.25, 0.3) is 0 Å². The minimum Gasteiger partial charge on any atom is -0.385 e. The van der Waals surface area contributed by atoms with Crippen molar-refractivity contribution in [3.8, 4) is 0 Å². The standard InChI is InChI=1S/C7H11N3.BrH/c1-2-3-7(8)10-5-4-9-6-10;/h3-6H,2,8H2,1H3;1H. The van der Waals surface area contributed by atoms with Crippen molar-refractivity contribution >= 4 is 22.8 Å². The molecule has 3 nitrogen and oxygen atoms in total. The number of nitrogens with zero attached hydrogens (tertiary/aromatic N) is 2. The Morgan fingerprint density at radius 1 is 1.73 bits per heavy atom. The lowest BCUT2D eigenvalue weighted by atomic mass is 10.4. The second-order valence-electron chi connectivity index (χ2n) is 2.01. The van der Waals surface area contributed by atoms with Gasteiger partial charge in [-0.2, -0.15) is 0 Å². The molecule has 0 bridgehead atoms. The van der Waals surface area contributed by atoms with Gasteiger partial charge in [0, 0.05) is 12.4 Å². The molecule has 62 valence electrons. The Hall–Kier alpha value is -0.770. The minimum atomic E-state index is 0. The predicted octanol–water partition coefficient (Wildman–Crippen LogP) is 1.63. The van der Waals surface area contributed by atoms with Crippen molar-refractivity contribution < 1.29 is 0 Å². The average molecular weight is 218 g/mol. The van der Waals surface area contributed by atoms with Gasteiger partial charge in [-0.25, -0.2) is 4.98 Å². The van der Waals surface area contributed by atoms with Gasteiger partial charge in [-0.05, 0) is 12.5 Å². The van der Waals surface area contributed by atoms with E-state index in [0.29, 0.717) is 0 Å². The molecular weight excluding hydrogens is 206 g/mol. The second-order valence-corrected chi connectivity index (χ2v) is 2.01. The largest absolute Gasteiger partial charge is 0.385 e. The number of hydrogen-bond donors (Lipinski definition) is 1. The topological polar surface area (TPSA) is 43.8 Å². The maximum absolute atomic E-state index is 5.63. The van der Waals surface area contributed by atoms with Crippen LogP contribution in [0.5, 0.6) is 0 Å². The Morgan fingerprint density at radius 2 is 2.45 bits per heavy atom. The molecular formula is C7H12BrN3. The summed E-state index contributed by atoms with van der Waals surface area (Å²) in [6.07, 6.45) is 8.10. The molecule has 0 unspecified atom stereocenters. The molecule has 11 heavy (non-hydrogen) atoms. The normalized spacial score (nSPS) is 10.8. The number of rotatable bonds is 2. The highest BCUT2D eigenvalue weighted by Crippen LogP contribution is 1.95. The Balaban J connectivity index is 0.000001000. The number of halogens is 1. The minimum absolute atomic E-state index is 0. The number of nitrogens with two attached hydrogens (primary N) is 1. The molecule has 0 radical (unpaired) electrons. The predicted molar refractivity (Wildman–Crippen MR) is 51.3 cm³/mol. The molecule has 1 heterocycles. The zero-order valence-electron chi connectivity index (χ0n) is 6.40. The Kier molecular flexibility index (Phi) is 4.61. The third-order valence-corrected chi connectivity index (χ3v) is 1.22. The van der Waals surface area contributed by atoms with Crippen LogP contribution in [0.2, 0.25) is 0 Å². The van der Waals surface area contributed by atoms with Gasteiger partial charge in [0.1, 0.15) is 12.1 Å². The van der Waals surface area contributed by atoms with Gasteiger partial charge in [-0.3, -0.25) is 4.57 Å². The summed E-state index contributed by atoms with van der Waals surface area (Å²) in [5.41, 5.74) is 5.63. The summed E-state index contributed by atoms with van der Waals surface area (Å²) in [7, 11) is 0. The van der Waals surface area contributed by atoms with Gasteiger partial charge >= 0.3 is 0 Å². The van der Waals surface area contributed by atoms with Crippen molar-refractivity contribution in [2.75, 3.05) is 0 Å². The van der Waals surface area contributed by atoms with Crippen LogP contribution in [0.1, 0.15) is 13.3 Å². The van der Waals surface area contributed by atoms with E-state index < -0.39 is 0 Å². The van der Waals surface area contributed by atoms with Crippen LogP contribution in [0, 0.1) is 0 Å². The van der Waals surface area contributed by atoms with Crippen LogP contribution in [0.4, 0.5) is 0 Å². The van der Waals surface area contributed by atoms with Crippen LogP contribution in [0.15, 0.2) is 24.8 Å². The molecule has 0 fully saturated rings. The fraction of sp³-hybridized carbons (Fsp3) is 0.286. The lowest BCUT2D eigenvalue weighted by Gasteiger charge is -1.98. The van der Waals surface area contributed by atoms with Crippen molar-refractivity contribution in [1.29, 1.82) is 0 Å². The molecule has 4 heteroatoms. The van der Waals surface area contributed by atoms with E-state index in [2.05, 4.69) is 4.98 Å². The van der Waals surface area contributed by atoms with Crippen molar-refractivity contribution in [2.45, 2.75) is 13.3 Å². The van der Waals surface area contributed by atoms with Gasteiger partial charge in [-0.1, -0.05) is 6.92 Å². The summed E-state index contributed by atoms with van der Waals surface area (Å²) in [4.78, 5) is 3.87. The lowest BCUT2D eigenvalue weighted by Crippen LogP contribution is -2.03. The van der Waals surface area contributed by atoms with Crippen LogP contribution in [-0.4, -0.2) is 9.55 Å². The zero-order valence-corrected chi connectivity index (χ0v) is 8.11. The van der Waals surface area contributed by atoms with Gasteiger partial charge in [0.2, 0.25) is 0 Å². The van der Waals surface area contributed by atoms with Gasteiger partial charge < -0.3 is 5.73 Å². The molecule has 0 aromatic carbocycles. The molecule has 0 aliphatic heterocycles. The molecule has 1 rings (SSSR count). The monoisotopic (exact) mass is 217 g/mol. The van der Waals surface area contributed by atoms with Crippen LogP contribution >= 0.6 is 17.0 Å². The number of allylic oxidation sites excluding steroid dienone is 1. The van der Waals surface area contributed by atoms with E-state index in [1.165, 1.54) is 0 Å². The fourth-order valence-corrected chi connectivity index (χ4v) is 0.726. The van der Waals surface area contributed by atoms with E-state index >= 15 is 0 Å². The molecule has 0 amide bonds. The Morgan fingerprint density at radius 3 is 2.91 bits per heavy atom. The molecule has 1 aromatic rings. The molecule has 0 aliphatic carbocycles. The van der Waals surface area contributed by atoms with E-state index in [1.54, 1.807) is 17.1 Å². The SMILES string of the molecule is Br.CCC=C(N)n1ccnc1. The molecule has 0 saturated carbocycles. The fourth-order valence-electron chi connectivity index (χ4n) is 0.726. The number of imidazole rings is 1. The second kappa shape index (κ2) is 4.96. The van der Waals surface area contributed by atoms with Crippen molar-refractivity contribution in [3.63, 3.8) is 0 Å². The highest BCUT2D eigenvalue weighted by atomic mass is 79.9. The Labute approximate surface area is 76.7 Å². The summed E-state index contributed by atoms with van der Waals surface area (Å²) >= 11 is 0. The average Bonchev–Trinajstić information content (AvgIpc) is 2.38. The van der Waals surface area contributed by atoms with Crippen LogP contribution in [0.25, 0.3) is 5.82 Å². The summed E-state index contributed by atoms with van der Waals surface area (Å²) in [5, 5.41) is 0. The van der Waals surface area contributed by atoms with Gasteiger partial charge in [0.15, 0.2) is 0 Å². The maximum atomic E-state index is 5.63. The van der Waals surface area contributed by atoms with Crippen molar-refractivity contribution in [1.82, 2.24) is 9.55 Å².